The van der Waals surface area contributed by atoms with Crippen LogP contribution < -0.4 is 83.3 Å². The zero-order chi connectivity index (χ0) is 99.7. The van der Waals surface area contributed by atoms with Gasteiger partial charge in [-0.2, -0.15) is 0 Å². The number of thiazole rings is 2. The van der Waals surface area contributed by atoms with E-state index in [0.717, 1.165) is 61.3 Å². The van der Waals surface area contributed by atoms with Crippen LogP contribution in [0.2, 0.25) is 0 Å². The van der Waals surface area contributed by atoms with Gasteiger partial charge in [0.2, 0.25) is 0 Å². The largest absolute Gasteiger partial charge is 0.506 e. The number of pyridine rings is 5. The zero-order valence-corrected chi connectivity index (χ0v) is 74.2. The average Bonchev–Trinajstić information content (AvgIpc) is 0.803. The van der Waals surface area contributed by atoms with Gasteiger partial charge in [0, 0.05) is 26.9 Å². The number of carboxylic acid groups (broad SMARTS) is 5. The smallest absolute Gasteiger partial charge is 0.322 e. The Morgan fingerprint density at radius 1 is 0.370 bits per heavy atom. The highest BCUT2D eigenvalue weighted by molar-refractivity contribution is 7.18. The van der Waals surface area contributed by atoms with E-state index in [2.05, 4.69) is 51.0 Å². The number of ether oxygens (including phenoxy) is 1. The van der Waals surface area contributed by atoms with Gasteiger partial charge in [-0.05, 0) is 108 Å². The number of para-hydroxylation sites is 4. The van der Waals surface area contributed by atoms with Crippen molar-refractivity contribution in [3.63, 3.8) is 0 Å². The number of carbonyl (C=O) groups is 10. The molecule has 0 saturated carbocycles. The lowest BCUT2D eigenvalue weighted by atomic mass is 10.0. The number of nitrogens with one attached hydrogen (secondary N) is 5. The minimum Gasteiger partial charge on any atom is -0.506 e. The molecule has 0 spiro atoms. The maximum Gasteiger partial charge on any atom is 0.322 e. The number of nitrogens with zero attached hydrogens (tertiary/aromatic N) is 7. The van der Waals surface area contributed by atoms with Gasteiger partial charge in [-0.1, -0.05) is 129 Å². The average molecular weight is 1940 g/mol. The molecule has 15 rings (SSSR count). The first-order valence-electron chi connectivity index (χ1n) is 40.1. The number of fused-ring (bicyclic) bond motifs is 6. The van der Waals surface area contributed by atoms with E-state index in [1.54, 1.807) is 102 Å². The molecule has 46 heteroatoms. The van der Waals surface area contributed by atoms with E-state index >= 15 is 0 Å². The molecule has 0 unspecified atom stereocenters. The van der Waals surface area contributed by atoms with Crippen molar-refractivity contribution in [1.29, 1.82) is 0 Å². The number of hydrogen-bond acceptors (Lipinski definition) is 31. The first kappa shape index (κ1) is 100. The molecule has 0 radical (unpaired) electrons. The Labute approximate surface area is 785 Å². The predicted octanol–water partition coefficient (Wildman–Crippen LogP) is 6.60. The number of rotatable bonds is 33. The lowest BCUT2D eigenvalue weighted by Gasteiger charge is -2.15. The van der Waals surface area contributed by atoms with Gasteiger partial charge in [0.25, 0.3) is 57.3 Å². The number of aromatic hydroxyl groups is 5. The molecule has 5 amide bonds. The number of benzene rings is 7. The quantitative estimate of drug-likeness (QED) is 0.0192. The molecule has 0 bridgehead atoms. The Kier molecular flexibility index (Phi) is 33.4. The molecule has 0 aliphatic heterocycles. The molecule has 0 aliphatic carbocycles. The van der Waals surface area contributed by atoms with Crippen LogP contribution in [0.1, 0.15) is 67.5 Å². The number of aryl methyl sites for hydroxylation is 1. The fraction of sp³-hybridized carbons (Fsp3) is 0.120. The van der Waals surface area contributed by atoms with E-state index in [0.29, 0.717) is 27.7 Å². The number of aromatic nitrogens is 7. The van der Waals surface area contributed by atoms with Crippen molar-refractivity contribution in [3.05, 3.63) is 320 Å². The lowest BCUT2D eigenvalue weighted by Crippen LogP contribution is -2.37. The summed E-state index contributed by atoms with van der Waals surface area (Å²) in [5, 5.41) is 112. The summed E-state index contributed by atoms with van der Waals surface area (Å²) in [4.78, 5) is 214. The summed E-state index contributed by atoms with van der Waals surface area (Å²) < 4.78 is 11.4. The van der Waals surface area contributed by atoms with Crippen molar-refractivity contribution >= 4 is 157 Å². The fourth-order valence-electron chi connectivity index (χ4n) is 12.8. The number of carboxylic acids is 5. The Morgan fingerprint density at radius 2 is 0.739 bits per heavy atom. The van der Waals surface area contributed by atoms with Gasteiger partial charge in [-0.3, -0.25) is 71.9 Å². The predicted molar refractivity (Wildman–Crippen MR) is 501 cm³/mol. The zero-order valence-electron chi connectivity index (χ0n) is 71.7. The van der Waals surface area contributed by atoms with Gasteiger partial charge in [-0.15, -0.1) is 57.7 Å². The first-order chi connectivity index (χ1) is 66.2. The van der Waals surface area contributed by atoms with Crippen LogP contribution in [-0.4, -0.2) is 197 Å². The fourth-order valence-corrected chi connectivity index (χ4v) is 15.1. The summed E-state index contributed by atoms with van der Waals surface area (Å²) in [6.07, 6.45) is 4.25. The number of carbonyl (C=O) groups excluding carboxylic acids is 5. The minimum absolute atomic E-state index is 0.0175. The summed E-state index contributed by atoms with van der Waals surface area (Å²) in [5.41, 5.74) is -3.24. The molecule has 0 saturated heterocycles. The molecular weight excluding hydrogens is 1870 g/mol. The highest BCUT2D eigenvalue weighted by Gasteiger charge is 2.31. The summed E-state index contributed by atoms with van der Waals surface area (Å²) in [6.45, 7) is 8.76. The van der Waals surface area contributed by atoms with Crippen LogP contribution >= 0.6 is 34.0 Å². The topological polar surface area (TPSA) is 624 Å². The molecule has 710 valence electrons. The Morgan fingerprint density at radius 3 is 1.17 bits per heavy atom. The van der Waals surface area contributed by atoms with Crippen molar-refractivity contribution in [2.45, 2.75) is 20.1 Å². The number of amides is 5. The first-order valence-corrected chi connectivity index (χ1v) is 42.7. The van der Waals surface area contributed by atoms with E-state index in [1.807, 2.05) is 72.9 Å². The Bertz CT molecular complexity index is 7580. The van der Waals surface area contributed by atoms with E-state index in [-0.39, 0.29) is 81.3 Å². The molecule has 0 aliphatic rings. The van der Waals surface area contributed by atoms with Crippen LogP contribution in [0.3, 0.4) is 0 Å². The molecule has 15 N–H and O–H groups in total. The maximum atomic E-state index is 12.9. The third-order valence-electron chi connectivity index (χ3n) is 18.8. The van der Waals surface area contributed by atoms with E-state index in [1.165, 1.54) is 65.2 Å². The Hall–Kier alpha value is -18.5. The van der Waals surface area contributed by atoms with Crippen LogP contribution in [0, 0.1) is 6.92 Å². The molecule has 0 atom stereocenters. The number of thiophene rings is 1. The molecule has 0 fully saturated rings. The number of hydrogen-bond donors (Lipinski definition) is 15. The third-order valence-corrected chi connectivity index (χ3v) is 21.5. The van der Waals surface area contributed by atoms with Gasteiger partial charge < -0.3 is 107 Å². The lowest BCUT2D eigenvalue weighted by molar-refractivity contribution is -0.136. The van der Waals surface area contributed by atoms with E-state index in [9.17, 15) is 97.5 Å². The van der Waals surface area contributed by atoms with Crippen molar-refractivity contribution < 1.29 is 128 Å². The summed E-state index contributed by atoms with van der Waals surface area (Å²) in [5.74, 6) is -13.4. The van der Waals surface area contributed by atoms with Crippen molar-refractivity contribution in [1.82, 2.24) is 60.2 Å². The molecule has 15 aromatic rings. The summed E-state index contributed by atoms with van der Waals surface area (Å²) in [6, 6.07) is 49.6. The van der Waals surface area contributed by atoms with Crippen molar-refractivity contribution in [2.75, 3.05) is 52.5 Å². The monoisotopic (exact) mass is 1940 g/mol. The molecular formula is C92H78N12O31S3. The van der Waals surface area contributed by atoms with Crippen LogP contribution in [-0.2, 0) is 37.2 Å². The van der Waals surface area contributed by atoms with E-state index in [4.69, 9.17) is 54.5 Å². The summed E-state index contributed by atoms with van der Waals surface area (Å²) in [7, 11) is 0. The second kappa shape index (κ2) is 46.1. The molecule has 138 heavy (non-hydrogen) atoms. The van der Waals surface area contributed by atoms with Gasteiger partial charge in [0.05, 0.1) is 47.7 Å². The second-order valence-electron chi connectivity index (χ2n) is 28.1. The van der Waals surface area contributed by atoms with Crippen molar-refractivity contribution in [3.8, 4) is 51.4 Å². The minimum atomic E-state index is -1.30. The van der Waals surface area contributed by atoms with E-state index < -0.39 is 176 Å². The van der Waals surface area contributed by atoms with Gasteiger partial charge in [-0.25, -0.2) is 9.97 Å². The normalized spacial score (nSPS) is 10.6. The van der Waals surface area contributed by atoms with Gasteiger partial charge >= 0.3 is 29.8 Å². The van der Waals surface area contributed by atoms with Crippen LogP contribution in [0.25, 0.3) is 75.2 Å². The third kappa shape index (κ3) is 23.9. The maximum absolute atomic E-state index is 12.9. The van der Waals surface area contributed by atoms with Crippen LogP contribution in [0.4, 0.5) is 0 Å². The van der Waals surface area contributed by atoms with Gasteiger partial charge in [0.15, 0.2) is 46.8 Å². The van der Waals surface area contributed by atoms with Crippen LogP contribution in [0.5, 0.6) is 40.2 Å². The van der Waals surface area contributed by atoms with Gasteiger partial charge in [0.1, 0.15) is 97.6 Å². The molecule has 8 aromatic heterocycles. The highest BCUT2D eigenvalue weighted by atomic mass is 32.1. The molecule has 7 aromatic carbocycles. The van der Waals surface area contributed by atoms with Crippen molar-refractivity contribution in [2.24, 2.45) is 0 Å². The SMILES string of the molecule is C=CCOn1c(=O)c(C(=O)NCC(=O)O)c(O)c2cc(-c3ccccc3)ccc21.C=CCOn1c(=O)c(C(=O)NCC(=O)O)c(O)c2cc(Oc3ccccc3)ccc21.C=CCOn1c(=O)c(C(=O)NCC(=O)O)c(O)c2sccc21.Cc1nc(COn2c(=O)c(C(=O)NCC(=O)O)c(O)c3ccccc32)cs1.O=C(O)CNC(=O)c1c(O)c2ccccc2n(OCc2nc3ccccc3s2)c1=O. The second-order valence-corrected chi connectivity index (χ2v) is 31.2. The summed E-state index contributed by atoms with van der Waals surface area (Å²) >= 11 is 3.95. The molecule has 43 nitrogen and oxygen atoms in total. The standard InChI is InChI=1S/C21H18N2O7.C21H18N2O6.C20H15N3O6S.C17H15N3O6S.C13H12N2O6S/c1-2-10-29-23-16-9-8-14(30-13-6-4-3-5-7-13)11-15(16)19(26)18(21(23)28)20(27)22-12-17(24)25;1-2-10-29-23-16-9-8-14(13-6-4-3-5-7-13)11-15(16)19(26)18(21(23)28)20(27)22-12-17(24)25;24-16(25)9-21-19(27)17-18(26)11-5-1-3-7-13(11)23(20(17)28)29-10-15-22-12-6-2-4-8-14(12)30-15;1-9-19-10(8-27-9)7-26-20-12-5-3-2-4-11(12)15(23)14(17(20)25)16(24)18-6-13(21)22;1-2-4-21-15-7-3-5-22-11(7)10(18)9(13(15)20)12(19)14-6-8(16)17/h2-9,11,26H,1,10,12H2,(H,22,27)(H,24,25);2-9,11,26H,1,10,12H2,(H,22,27)(H,24,25);1-8,26H,9-10H2,(H,21,27)(H,24,25);2-5,8,23H,6-7H2,1H3,(H,18,24)(H,21,22);2-3,5,18H,1,4,6H2,(H,14,19)(H,16,17). The Balaban J connectivity index is 0.000000166. The highest BCUT2D eigenvalue weighted by Crippen LogP contribution is 2.36. The van der Waals surface area contributed by atoms with Crippen LogP contribution in [0.15, 0.2) is 249 Å². The number of aliphatic carboxylic acids is 5. The molecule has 8 heterocycles.